The average molecular weight is 421 g/mol. The van der Waals surface area contributed by atoms with Gasteiger partial charge in [-0.3, -0.25) is 0 Å². The fourth-order valence-electron chi connectivity index (χ4n) is 3.16. The molecular weight excluding hydrogens is 404 g/mol. The highest BCUT2D eigenvalue weighted by Crippen LogP contribution is 2.34. The van der Waals surface area contributed by atoms with Crippen LogP contribution in [-0.4, -0.2) is 17.6 Å². The summed E-state index contributed by atoms with van der Waals surface area (Å²) in [5.41, 5.74) is 3.22. The Hall–Kier alpha value is -4.63. The standard InChI is InChI=1S/C26H18N2O4/c27-16-21(14-18-8-7-13-22(15-18)31-17-23(29)30)26-28-24(19-9-3-1-4-10-19)25(32-26)20-11-5-2-6-12-20/h1-15H,17H2,(H,29,30)/p-1/b21-14+. The number of oxazole rings is 1. The quantitative estimate of drug-likeness (QED) is 0.415. The van der Waals surface area contributed by atoms with Gasteiger partial charge in [0.2, 0.25) is 5.89 Å². The fraction of sp³-hybridized carbons (Fsp3) is 0.0385. The van der Waals surface area contributed by atoms with Gasteiger partial charge in [0.05, 0.1) is 5.97 Å². The summed E-state index contributed by atoms with van der Waals surface area (Å²) in [6.45, 7) is -0.557. The number of carbonyl (C=O) groups excluding carboxylic acids is 1. The van der Waals surface area contributed by atoms with Gasteiger partial charge in [0.15, 0.2) is 5.76 Å². The van der Waals surface area contributed by atoms with Gasteiger partial charge in [0, 0.05) is 11.1 Å². The molecule has 0 saturated carbocycles. The monoisotopic (exact) mass is 421 g/mol. The summed E-state index contributed by atoms with van der Waals surface area (Å²) in [4.78, 5) is 15.3. The lowest BCUT2D eigenvalue weighted by atomic mass is 10.1. The number of hydrogen-bond donors (Lipinski definition) is 0. The second-order valence-corrected chi connectivity index (χ2v) is 6.83. The fourth-order valence-corrected chi connectivity index (χ4v) is 3.16. The predicted octanol–water partition coefficient (Wildman–Crippen LogP) is 4.20. The number of aromatic nitrogens is 1. The second kappa shape index (κ2) is 9.45. The maximum absolute atomic E-state index is 10.6. The Labute approximate surface area is 184 Å². The Bertz CT molecular complexity index is 1250. The molecule has 156 valence electrons. The molecule has 6 heteroatoms. The number of allylic oxidation sites excluding steroid dienone is 1. The number of ether oxygens (including phenoxy) is 1. The first kappa shape index (κ1) is 20.6. The topological polar surface area (TPSA) is 99.2 Å². The van der Waals surface area contributed by atoms with Crippen LogP contribution >= 0.6 is 0 Å². The molecule has 0 atom stereocenters. The minimum atomic E-state index is -1.31. The molecule has 1 aromatic heterocycles. The van der Waals surface area contributed by atoms with Crippen LogP contribution in [0, 0.1) is 11.3 Å². The van der Waals surface area contributed by atoms with E-state index in [0.717, 1.165) is 11.1 Å². The van der Waals surface area contributed by atoms with Crippen LogP contribution in [-0.2, 0) is 4.79 Å². The van der Waals surface area contributed by atoms with Gasteiger partial charge >= 0.3 is 0 Å². The summed E-state index contributed by atoms with van der Waals surface area (Å²) in [5, 5.41) is 20.4. The van der Waals surface area contributed by atoms with Crippen molar-refractivity contribution in [2.75, 3.05) is 6.61 Å². The normalized spacial score (nSPS) is 11.0. The number of nitriles is 1. The van der Waals surface area contributed by atoms with Crippen molar-refractivity contribution < 1.29 is 19.1 Å². The van der Waals surface area contributed by atoms with E-state index in [1.807, 2.05) is 60.7 Å². The molecular formula is C26H17N2O4-. The number of nitrogens with zero attached hydrogens (tertiary/aromatic N) is 2. The molecule has 0 N–H and O–H groups in total. The SMILES string of the molecule is N#C/C(=C\c1cccc(OCC(=O)[O-])c1)c1nc(-c2ccccc2)c(-c2ccccc2)o1. The summed E-state index contributed by atoms with van der Waals surface area (Å²) in [7, 11) is 0. The highest BCUT2D eigenvalue weighted by Gasteiger charge is 2.19. The molecule has 0 radical (unpaired) electrons. The summed E-state index contributed by atoms with van der Waals surface area (Å²) in [6, 6.07) is 28.0. The van der Waals surface area contributed by atoms with Gasteiger partial charge in [-0.25, -0.2) is 4.98 Å². The maximum Gasteiger partial charge on any atom is 0.238 e. The zero-order chi connectivity index (χ0) is 22.3. The highest BCUT2D eigenvalue weighted by atomic mass is 16.5. The minimum absolute atomic E-state index is 0.186. The van der Waals surface area contributed by atoms with Crippen LogP contribution < -0.4 is 9.84 Å². The number of rotatable bonds is 7. The molecule has 32 heavy (non-hydrogen) atoms. The molecule has 0 fully saturated rings. The Morgan fingerprint density at radius 2 is 1.69 bits per heavy atom. The van der Waals surface area contributed by atoms with Gasteiger partial charge < -0.3 is 19.1 Å². The van der Waals surface area contributed by atoms with E-state index in [0.29, 0.717) is 22.8 Å². The third kappa shape index (κ3) is 4.74. The summed E-state index contributed by atoms with van der Waals surface area (Å²) >= 11 is 0. The van der Waals surface area contributed by atoms with Crippen LogP contribution in [0.4, 0.5) is 0 Å². The van der Waals surface area contributed by atoms with Gasteiger partial charge in [0.25, 0.3) is 0 Å². The van der Waals surface area contributed by atoms with Crippen molar-refractivity contribution in [2.45, 2.75) is 0 Å². The zero-order valence-electron chi connectivity index (χ0n) is 16.9. The number of benzene rings is 3. The maximum atomic E-state index is 10.6. The minimum Gasteiger partial charge on any atom is -0.546 e. The molecule has 6 nitrogen and oxygen atoms in total. The van der Waals surface area contributed by atoms with Crippen LogP contribution in [0.1, 0.15) is 11.5 Å². The Kier molecular flexibility index (Phi) is 6.10. The van der Waals surface area contributed by atoms with E-state index in [1.54, 1.807) is 30.3 Å². The summed E-state index contributed by atoms with van der Waals surface area (Å²) in [6.07, 6.45) is 1.61. The van der Waals surface area contributed by atoms with Crippen LogP contribution in [0.3, 0.4) is 0 Å². The summed E-state index contributed by atoms with van der Waals surface area (Å²) < 4.78 is 11.2. The molecule has 0 bridgehead atoms. The molecule has 0 spiro atoms. The zero-order valence-corrected chi connectivity index (χ0v) is 16.9. The van der Waals surface area contributed by atoms with E-state index in [9.17, 15) is 15.2 Å². The molecule has 0 aliphatic carbocycles. The molecule has 0 unspecified atom stereocenters. The number of hydrogen-bond acceptors (Lipinski definition) is 6. The molecule has 4 aromatic rings. The predicted molar refractivity (Wildman–Crippen MR) is 118 cm³/mol. The van der Waals surface area contributed by atoms with Gasteiger partial charge in [-0.05, 0) is 23.8 Å². The Morgan fingerprint density at radius 3 is 2.34 bits per heavy atom. The lowest BCUT2D eigenvalue weighted by Gasteiger charge is -2.07. The Morgan fingerprint density at radius 1 is 1.00 bits per heavy atom. The largest absolute Gasteiger partial charge is 0.546 e. The van der Waals surface area contributed by atoms with Crippen molar-refractivity contribution in [2.24, 2.45) is 0 Å². The molecule has 0 aliphatic rings. The van der Waals surface area contributed by atoms with E-state index >= 15 is 0 Å². The highest BCUT2D eigenvalue weighted by molar-refractivity contribution is 5.89. The molecule has 0 amide bonds. The third-order valence-corrected chi connectivity index (χ3v) is 4.59. The smallest absolute Gasteiger partial charge is 0.238 e. The molecule has 3 aromatic carbocycles. The molecule has 1 heterocycles. The number of carbonyl (C=O) groups is 1. The van der Waals surface area contributed by atoms with E-state index in [-0.39, 0.29) is 11.5 Å². The van der Waals surface area contributed by atoms with Crippen molar-refractivity contribution >= 4 is 17.6 Å². The van der Waals surface area contributed by atoms with Crippen LogP contribution in [0.15, 0.2) is 89.3 Å². The molecule has 0 saturated heterocycles. The van der Waals surface area contributed by atoms with Crippen LogP contribution in [0.25, 0.3) is 34.2 Å². The van der Waals surface area contributed by atoms with Crippen molar-refractivity contribution in [3.8, 4) is 34.4 Å². The van der Waals surface area contributed by atoms with Crippen molar-refractivity contribution in [3.05, 3.63) is 96.4 Å². The Balaban J connectivity index is 1.75. The molecule has 0 aliphatic heterocycles. The van der Waals surface area contributed by atoms with Crippen LogP contribution in [0.5, 0.6) is 5.75 Å². The first-order valence-electron chi connectivity index (χ1n) is 9.80. The van der Waals surface area contributed by atoms with E-state index in [2.05, 4.69) is 11.1 Å². The second-order valence-electron chi connectivity index (χ2n) is 6.83. The van der Waals surface area contributed by atoms with Gasteiger partial charge in [0.1, 0.15) is 29.7 Å². The number of aliphatic carboxylic acids is 1. The van der Waals surface area contributed by atoms with Crippen molar-refractivity contribution in [1.82, 2.24) is 4.98 Å². The summed E-state index contributed by atoms with van der Waals surface area (Å²) in [5.74, 6) is -0.210. The first-order valence-corrected chi connectivity index (χ1v) is 9.80. The van der Waals surface area contributed by atoms with Gasteiger partial charge in [-0.1, -0.05) is 72.8 Å². The van der Waals surface area contributed by atoms with Gasteiger partial charge in [-0.2, -0.15) is 5.26 Å². The lowest BCUT2D eigenvalue weighted by Crippen LogP contribution is -2.28. The lowest BCUT2D eigenvalue weighted by molar-refractivity contribution is -0.307. The van der Waals surface area contributed by atoms with E-state index in [1.165, 1.54) is 0 Å². The third-order valence-electron chi connectivity index (χ3n) is 4.59. The van der Waals surface area contributed by atoms with Crippen LogP contribution in [0.2, 0.25) is 0 Å². The van der Waals surface area contributed by atoms with E-state index in [4.69, 9.17) is 9.15 Å². The van der Waals surface area contributed by atoms with Crippen molar-refractivity contribution in [3.63, 3.8) is 0 Å². The van der Waals surface area contributed by atoms with E-state index < -0.39 is 12.6 Å². The number of carboxylic acid groups (broad SMARTS) is 1. The van der Waals surface area contributed by atoms with Gasteiger partial charge in [-0.15, -0.1) is 0 Å². The van der Waals surface area contributed by atoms with Crippen molar-refractivity contribution in [1.29, 1.82) is 5.26 Å². The first-order chi connectivity index (χ1) is 15.6. The molecule has 4 rings (SSSR count). The average Bonchev–Trinajstić information content (AvgIpc) is 3.28. The number of carboxylic acids is 1.